The summed E-state index contributed by atoms with van der Waals surface area (Å²) in [6.45, 7) is 24.7. The molecule has 1 fully saturated rings. The number of carbonyl (C=O) groups is 2. The molecule has 2 heterocycles. The molecule has 42 heavy (non-hydrogen) atoms. The normalized spacial score (nSPS) is 15.2. The molecule has 9 nitrogen and oxygen atoms in total. The van der Waals surface area contributed by atoms with E-state index in [1.165, 1.54) is 12.5 Å². The first-order valence-corrected chi connectivity index (χ1v) is 15.8. The molecular formula is C33H63N7O2. The van der Waals surface area contributed by atoms with Gasteiger partial charge in [-0.25, -0.2) is 4.98 Å². The van der Waals surface area contributed by atoms with Crippen LogP contribution in [-0.4, -0.2) is 45.5 Å². The van der Waals surface area contributed by atoms with Gasteiger partial charge >= 0.3 is 0 Å². The number of hydrogen-bond donors (Lipinski definition) is 6. The summed E-state index contributed by atoms with van der Waals surface area (Å²) in [5.74, 6) is 1.86. The highest BCUT2D eigenvalue weighted by atomic mass is 16.2. The van der Waals surface area contributed by atoms with Crippen molar-refractivity contribution >= 4 is 28.9 Å². The average Bonchev–Trinajstić information content (AvgIpc) is 3.41. The van der Waals surface area contributed by atoms with E-state index in [-0.39, 0.29) is 23.4 Å². The van der Waals surface area contributed by atoms with Gasteiger partial charge in [-0.15, -0.1) is 0 Å². The van der Waals surface area contributed by atoms with Gasteiger partial charge in [-0.2, -0.15) is 0 Å². The molecule has 1 aromatic rings. The number of nitrogens with zero attached hydrogens (tertiary/aromatic N) is 1. The fourth-order valence-electron chi connectivity index (χ4n) is 3.53. The van der Waals surface area contributed by atoms with E-state index >= 15 is 0 Å². The van der Waals surface area contributed by atoms with Crippen LogP contribution in [0.3, 0.4) is 0 Å². The van der Waals surface area contributed by atoms with Crippen molar-refractivity contribution in [1.29, 1.82) is 16.2 Å². The van der Waals surface area contributed by atoms with Crippen molar-refractivity contribution in [2.75, 3.05) is 6.54 Å². The first-order valence-electron chi connectivity index (χ1n) is 15.8. The van der Waals surface area contributed by atoms with Crippen molar-refractivity contribution in [2.45, 2.75) is 134 Å². The molecule has 3 atom stereocenters. The second-order valence-corrected chi connectivity index (χ2v) is 10.4. The summed E-state index contributed by atoms with van der Waals surface area (Å²) in [5, 5.41) is 27.7. The lowest BCUT2D eigenvalue weighted by molar-refractivity contribution is -0.122. The number of aromatic nitrogens is 2. The number of imidazole rings is 1. The van der Waals surface area contributed by atoms with Gasteiger partial charge in [-0.05, 0) is 64.9 Å². The minimum Gasteiger partial charge on any atom is -0.356 e. The number of aromatic amines is 1. The van der Waals surface area contributed by atoms with Crippen LogP contribution in [0.5, 0.6) is 0 Å². The van der Waals surface area contributed by atoms with Crippen molar-refractivity contribution < 1.29 is 9.59 Å². The number of nitrogens with one attached hydrogen (secondary N) is 6. The third kappa shape index (κ3) is 22.6. The summed E-state index contributed by atoms with van der Waals surface area (Å²) >= 11 is 0. The number of aryl methyl sites for hydroxylation is 1. The first kappa shape index (κ1) is 43.4. The van der Waals surface area contributed by atoms with Crippen LogP contribution in [0.25, 0.3) is 0 Å². The highest BCUT2D eigenvalue weighted by Crippen LogP contribution is 2.21. The number of hydrogen-bond acceptors (Lipinski definition) is 6. The first-order chi connectivity index (χ1) is 19.8. The minimum absolute atomic E-state index is 0.0309. The van der Waals surface area contributed by atoms with Crippen LogP contribution in [0.2, 0.25) is 0 Å². The Bertz CT molecular complexity index is 940. The molecule has 0 spiro atoms. The Balaban J connectivity index is -0.000000621. The molecule has 1 aromatic heterocycles. The fourth-order valence-corrected chi connectivity index (χ4v) is 3.53. The van der Waals surface area contributed by atoms with E-state index in [1.807, 2.05) is 47.6 Å². The number of carbonyl (C=O) groups excluding carboxylic acids is 2. The zero-order valence-electron chi connectivity index (χ0n) is 28.8. The molecule has 0 aliphatic carbocycles. The fraction of sp³-hybridized carbons (Fsp3) is 0.697. The van der Waals surface area contributed by atoms with Gasteiger partial charge in [0.25, 0.3) is 5.91 Å². The molecule has 0 aromatic carbocycles. The number of H-pyrrole nitrogens is 1. The van der Waals surface area contributed by atoms with Crippen LogP contribution in [0.1, 0.15) is 139 Å². The van der Waals surface area contributed by atoms with Crippen LogP contribution in [0.4, 0.5) is 0 Å². The quantitative estimate of drug-likeness (QED) is 0.144. The number of allylic oxidation sites excluding steroid dienone is 2. The molecule has 1 aliphatic heterocycles. The van der Waals surface area contributed by atoms with Gasteiger partial charge in [0, 0.05) is 18.7 Å². The summed E-state index contributed by atoms with van der Waals surface area (Å²) in [5.41, 5.74) is 2.45. The van der Waals surface area contributed by atoms with Crippen LogP contribution in [0, 0.1) is 35.0 Å². The van der Waals surface area contributed by atoms with E-state index in [0.717, 1.165) is 63.0 Å². The SMILES string of the molecule is CC.CC.CC1CCC(=O)NC1.CCC(C)=CC(C)=N.CCC(C)CCCC(NC(=O)C(=N)C(C)=N)c1cnc(C)[nH]1. The Morgan fingerprint density at radius 2 is 1.71 bits per heavy atom. The second-order valence-electron chi connectivity index (χ2n) is 10.4. The van der Waals surface area contributed by atoms with E-state index < -0.39 is 5.91 Å². The summed E-state index contributed by atoms with van der Waals surface area (Å²) in [7, 11) is 0. The zero-order valence-corrected chi connectivity index (χ0v) is 28.8. The van der Waals surface area contributed by atoms with Crippen molar-refractivity contribution in [1.82, 2.24) is 20.6 Å². The van der Waals surface area contributed by atoms with Crippen molar-refractivity contribution in [2.24, 2.45) is 11.8 Å². The Morgan fingerprint density at radius 1 is 1.12 bits per heavy atom. The molecule has 242 valence electrons. The summed E-state index contributed by atoms with van der Waals surface area (Å²) in [4.78, 5) is 29.8. The van der Waals surface area contributed by atoms with Gasteiger partial charge in [-0.1, -0.05) is 80.2 Å². The maximum absolute atomic E-state index is 12.0. The molecular weight excluding hydrogens is 526 g/mol. The Morgan fingerprint density at radius 3 is 2.07 bits per heavy atom. The summed E-state index contributed by atoms with van der Waals surface area (Å²) in [6.07, 6.45) is 10.5. The zero-order chi connectivity index (χ0) is 33.3. The van der Waals surface area contributed by atoms with Gasteiger partial charge in [-0.3, -0.25) is 15.0 Å². The van der Waals surface area contributed by atoms with Crippen LogP contribution < -0.4 is 10.6 Å². The number of piperidine rings is 1. The number of rotatable bonds is 11. The van der Waals surface area contributed by atoms with Crippen LogP contribution in [0.15, 0.2) is 17.8 Å². The maximum Gasteiger partial charge on any atom is 0.271 e. The van der Waals surface area contributed by atoms with Gasteiger partial charge in [0.15, 0.2) is 0 Å². The maximum atomic E-state index is 12.0. The van der Waals surface area contributed by atoms with Crippen molar-refractivity contribution in [3.8, 4) is 0 Å². The third-order valence-electron chi connectivity index (χ3n) is 6.42. The van der Waals surface area contributed by atoms with E-state index in [4.69, 9.17) is 16.2 Å². The van der Waals surface area contributed by atoms with Gasteiger partial charge in [0.05, 0.1) is 23.6 Å². The topological polar surface area (TPSA) is 158 Å². The lowest BCUT2D eigenvalue weighted by Crippen LogP contribution is -2.37. The predicted molar refractivity (Wildman–Crippen MR) is 180 cm³/mol. The summed E-state index contributed by atoms with van der Waals surface area (Å²) < 4.78 is 0. The predicted octanol–water partition coefficient (Wildman–Crippen LogP) is 8.12. The van der Waals surface area contributed by atoms with Crippen molar-refractivity contribution in [3.05, 3.63) is 29.4 Å². The van der Waals surface area contributed by atoms with Gasteiger partial charge in [0.2, 0.25) is 5.91 Å². The molecule has 0 bridgehead atoms. The van der Waals surface area contributed by atoms with E-state index in [9.17, 15) is 9.59 Å². The van der Waals surface area contributed by atoms with Crippen LogP contribution in [-0.2, 0) is 9.59 Å². The minimum atomic E-state index is -0.506. The Hall–Kier alpha value is -3.10. The lowest BCUT2D eigenvalue weighted by Gasteiger charge is -2.18. The molecule has 2 rings (SSSR count). The molecule has 0 radical (unpaired) electrons. The summed E-state index contributed by atoms with van der Waals surface area (Å²) in [6, 6.07) is -0.197. The van der Waals surface area contributed by atoms with Crippen LogP contribution >= 0.6 is 0 Å². The molecule has 1 saturated heterocycles. The van der Waals surface area contributed by atoms with Gasteiger partial charge < -0.3 is 26.4 Å². The Kier molecular flexibility index (Phi) is 27.6. The molecule has 2 amide bonds. The molecule has 3 unspecified atom stereocenters. The third-order valence-corrected chi connectivity index (χ3v) is 6.42. The largest absolute Gasteiger partial charge is 0.356 e. The van der Waals surface area contributed by atoms with E-state index in [1.54, 1.807) is 13.1 Å². The number of amides is 2. The monoisotopic (exact) mass is 590 g/mol. The van der Waals surface area contributed by atoms with Gasteiger partial charge in [0.1, 0.15) is 11.5 Å². The lowest BCUT2D eigenvalue weighted by atomic mass is 9.98. The molecule has 6 N–H and O–H groups in total. The average molecular weight is 590 g/mol. The standard InChI is InChI=1S/C16H27N5O.C7H13N.C6H11NO.2C2H6/c1-5-10(2)7-6-8-13(14-9-19-12(4)20-14)21-16(22)15(18)11(3)17;1-4-6(2)5-7(3)8;1-5-2-3-6(8)7-4-5;2*1-2/h9-10,13,17-18H,5-8H2,1-4H3,(H,19,20)(H,21,22);5,8H,4H2,1-3H3;5H,2-4H2,1H3,(H,7,8);2*1-2H3. The highest BCUT2D eigenvalue weighted by Gasteiger charge is 2.20. The van der Waals surface area contributed by atoms with Crippen molar-refractivity contribution in [3.63, 3.8) is 0 Å². The second kappa shape index (κ2) is 26.8. The van der Waals surface area contributed by atoms with E-state index in [0.29, 0.717) is 17.5 Å². The van der Waals surface area contributed by atoms with E-state index in [2.05, 4.69) is 48.3 Å². The molecule has 9 heteroatoms. The Labute approximate surface area is 257 Å². The molecule has 0 saturated carbocycles. The highest BCUT2D eigenvalue weighted by molar-refractivity contribution is 6.64. The smallest absolute Gasteiger partial charge is 0.271 e. The molecule has 1 aliphatic rings.